The number of rotatable bonds is 7. The fraction of sp³-hybridized carbons (Fsp3) is 0.765. The molecule has 2 bridgehead atoms. The van der Waals surface area contributed by atoms with Crippen molar-refractivity contribution in [1.82, 2.24) is 10.2 Å². The third kappa shape index (κ3) is 3.44. The van der Waals surface area contributed by atoms with Crippen LogP contribution in [0.25, 0.3) is 0 Å². The van der Waals surface area contributed by atoms with Crippen molar-refractivity contribution < 1.29 is 0 Å². The molecule has 112 valence electrons. The van der Waals surface area contributed by atoms with Crippen LogP contribution in [0.4, 0.5) is 0 Å². The highest BCUT2D eigenvalue weighted by Gasteiger charge is 2.39. The van der Waals surface area contributed by atoms with Crippen LogP contribution in [0.1, 0.15) is 42.4 Å². The standard InChI is InChI=1S/C17H28N2S/c1-3-18-10-16-6-7-17(20-16)12-19(2)11-15-9-13-4-5-14(15)8-13/h6-7,13-15,18H,3-5,8-12H2,1-2H3. The zero-order valence-corrected chi connectivity index (χ0v) is 13.7. The number of hydrogen-bond acceptors (Lipinski definition) is 3. The molecule has 3 heteroatoms. The summed E-state index contributed by atoms with van der Waals surface area (Å²) in [5, 5.41) is 3.41. The molecular weight excluding hydrogens is 264 g/mol. The maximum Gasteiger partial charge on any atom is 0.0325 e. The molecule has 0 saturated heterocycles. The molecule has 3 atom stereocenters. The Labute approximate surface area is 127 Å². The van der Waals surface area contributed by atoms with E-state index < -0.39 is 0 Å². The van der Waals surface area contributed by atoms with Crippen LogP contribution in [0.3, 0.4) is 0 Å². The Hall–Kier alpha value is -0.380. The molecule has 1 N–H and O–H groups in total. The van der Waals surface area contributed by atoms with Crippen LogP contribution in [0.2, 0.25) is 0 Å². The zero-order valence-electron chi connectivity index (χ0n) is 12.9. The number of hydrogen-bond donors (Lipinski definition) is 1. The Kier molecular flexibility index (Phi) is 4.79. The van der Waals surface area contributed by atoms with Crippen molar-refractivity contribution in [1.29, 1.82) is 0 Å². The van der Waals surface area contributed by atoms with Crippen LogP contribution in [0, 0.1) is 17.8 Å². The Morgan fingerprint density at radius 3 is 2.80 bits per heavy atom. The van der Waals surface area contributed by atoms with Gasteiger partial charge in [0, 0.05) is 29.4 Å². The second-order valence-electron chi connectivity index (χ2n) is 6.78. The number of fused-ring (bicyclic) bond motifs is 2. The van der Waals surface area contributed by atoms with E-state index in [0.717, 1.165) is 37.4 Å². The van der Waals surface area contributed by atoms with Crippen LogP contribution in [0.15, 0.2) is 12.1 Å². The molecule has 2 saturated carbocycles. The van der Waals surface area contributed by atoms with Crippen molar-refractivity contribution in [2.24, 2.45) is 17.8 Å². The van der Waals surface area contributed by atoms with Gasteiger partial charge in [-0.1, -0.05) is 13.3 Å². The SMILES string of the molecule is CCNCc1ccc(CN(C)CC2CC3CCC2C3)s1. The Morgan fingerprint density at radius 1 is 1.25 bits per heavy atom. The minimum atomic E-state index is 0.986. The van der Waals surface area contributed by atoms with Gasteiger partial charge in [-0.2, -0.15) is 0 Å². The van der Waals surface area contributed by atoms with Crippen LogP contribution in [-0.2, 0) is 13.1 Å². The average molecular weight is 292 g/mol. The minimum absolute atomic E-state index is 0.986. The molecule has 2 aliphatic rings. The van der Waals surface area contributed by atoms with E-state index in [1.165, 1.54) is 42.0 Å². The van der Waals surface area contributed by atoms with E-state index in [2.05, 4.69) is 36.3 Å². The van der Waals surface area contributed by atoms with Crippen molar-refractivity contribution in [3.8, 4) is 0 Å². The molecule has 1 heterocycles. The summed E-state index contributed by atoms with van der Waals surface area (Å²) in [7, 11) is 2.30. The van der Waals surface area contributed by atoms with Gasteiger partial charge in [0.2, 0.25) is 0 Å². The maximum absolute atomic E-state index is 3.41. The first-order chi connectivity index (χ1) is 9.74. The molecule has 1 aromatic heterocycles. The summed E-state index contributed by atoms with van der Waals surface area (Å²) in [5.74, 6) is 3.11. The van der Waals surface area contributed by atoms with Crippen LogP contribution >= 0.6 is 11.3 Å². The molecule has 2 nitrogen and oxygen atoms in total. The minimum Gasteiger partial charge on any atom is -0.312 e. The van der Waals surface area contributed by atoms with Gasteiger partial charge in [0.15, 0.2) is 0 Å². The molecule has 2 aliphatic carbocycles. The lowest BCUT2D eigenvalue weighted by atomic mass is 9.88. The Balaban J connectivity index is 1.46. The normalized spacial score (nSPS) is 28.6. The summed E-state index contributed by atoms with van der Waals surface area (Å²) in [6, 6.07) is 4.60. The summed E-state index contributed by atoms with van der Waals surface area (Å²) in [6.07, 6.45) is 6.06. The fourth-order valence-corrected chi connectivity index (χ4v) is 5.25. The van der Waals surface area contributed by atoms with Gasteiger partial charge in [0.1, 0.15) is 0 Å². The van der Waals surface area contributed by atoms with Crippen LogP contribution < -0.4 is 5.32 Å². The summed E-state index contributed by atoms with van der Waals surface area (Å²) < 4.78 is 0. The van der Waals surface area contributed by atoms with Crippen molar-refractivity contribution in [2.45, 2.75) is 45.7 Å². The highest BCUT2D eigenvalue weighted by Crippen LogP contribution is 2.48. The highest BCUT2D eigenvalue weighted by molar-refractivity contribution is 7.11. The molecular formula is C17H28N2S. The van der Waals surface area contributed by atoms with E-state index in [-0.39, 0.29) is 0 Å². The quantitative estimate of drug-likeness (QED) is 0.824. The molecule has 1 aromatic rings. The first-order valence-electron chi connectivity index (χ1n) is 8.21. The first kappa shape index (κ1) is 14.6. The molecule has 0 aromatic carbocycles. The van der Waals surface area contributed by atoms with Gasteiger partial charge >= 0.3 is 0 Å². The van der Waals surface area contributed by atoms with Gasteiger partial charge in [-0.3, -0.25) is 0 Å². The Morgan fingerprint density at radius 2 is 2.10 bits per heavy atom. The lowest BCUT2D eigenvalue weighted by Gasteiger charge is -2.26. The van der Waals surface area contributed by atoms with Crippen LogP contribution in [-0.4, -0.2) is 25.0 Å². The monoisotopic (exact) mass is 292 g/mol. The second kappa shape index (κ2) is 6.59. The third-order valence-corrected chi connectivity index (χ3v) is 6.19. The van der Waals surface area contributed by atoms with Crippen molar-refractivity contribution in [3.63, 3.8) is 0 Å². The van der Waals surface area contributed by atoms with Crippen molar-refractivity contribution in [3.05, 3.63) is 21.9 Å². The van der Waals surface area contributed by atoms with Gasteiger partial charge in [0.05, 0.1) is 0 Å². The summed E-state index contributed by atoms with van der Waals surface area (Å²) in [6.45, 7) is 6.68. The molecule has 20 heavy (non-hydrogen) atoms. The molecule has 3 unspecified atom stereocenters. The van der Waals surface area contributed by atoms with Gasteiger partial charge in [-0.15, -0.1) is 11.3 Å². The number of nitrogens with zero attached hydrogens (tertiary/aromatic N) is 1. The summed E-state index contributed by atoms with van der Waals surface area (Å²) in [4.78, 5) is 5.53. The maximum atomic E-state index is 3.41. The number of nitrogens with one attached hydrogen (secondary N) is 1. The van der Waals surface area contributed by atoms with E-state index in [9.17, 15) is 0 Å². The molecule has 0 amide bonds. The van der Waals surface area contributed by atoms with E-state index in [4.69, 9.17) is 0 Å². The predicted molar refractivity (Wildman–Crippen MR) is 87.0 cm³/mol. The van der Waals surface area contributed by atoms with E-state index >= 15 is 0 Å². The van der Waals surface area contributed by atoms with Crippen molar-refractivity contribution in [2.75, 3.05) is 20.1 Å². The lowest BCUT2D eigenvalue weighted by Crippen LogP contribution is -2.28. The lowest BCUT2D eigenvalue weighted by molar-refractivity contribution is 0.216. The van der Waals surface area contributed by atoms with Crippen LogP contribution in [0.5, 0.6) is 0 Å². The fourth-order valence-electron chi connectivity index (χ4n) is 4.18. The molecule has 3 rings (SSSR count). The topological polar surface area (TPSA) is 15.3 Å². The smallest absolute Gasteiger partial charge is 0.0325 e. The van der Waals surface area contributed by atoms with E-state index in [1.807, 2.05) is 11.3 Å². The second-order valence-corrected chi connectivity index (χ2v) is 8.03. The van der Waals surface area contributed by atoms with Crippen molar-refractivity contribution >= 4 is 11.3 Å². The summed E-state index contributed by atoms with van der Waals surface area (Å²) >= 11 is 1.97. The number of thiophene rings is 1. The average Bonchev–Trinajstić information content (AvgIpc) is 3.12. The van der Waals surface area contributed by atoms with Gasteiger partial charge in [-0.05, 0) is 62.7 Å². The van der Waals surface area contributed by atoms with Gasteiger partial charge in [0.25, 0.3) is 0 Å². The van der Waals surface area contributed by atoms with Gasteiger partial charge in [-0.25, -0.2) is 0 Å². The summed E-state index contributed by atoms with van der Waals surface area (Å²) in [5.41, 5.74) is 0. The zero-order chi connectivity index (χ0) is 13.9. The van der Waals surface area contributed by atoms with E-state index in [1.54, 1.807) is 0 Å². The highest BCUT2D eigenvalue weighted by atomic mass is 32.1. The molecule has 2 fully saturated rings. The third-order valence-electron chi connectivity index (χ3n) is 5.12. The largest absolute Gasteiger partial charge is 0.312 e. The van der Waals surface area contributed by atoms with E-state index in [0.29, 0.717) is 0 Å². The van der Waals surface area contributed by atoms with Gasteiger partial charge < -0.3 is 10.2 Å². The molecule has 0 spiro atoms. The Bertz CT molecular complexity index is 428. The predicted octanol–water partition coefficient (Wildman–Crippen LogP) is 3.73. The first-order valence-corrected chi connectivity index (χ1v) is 9.03. The molecule has 0 aliphatic heterocycles. The molecule has 0 radical (unpaired) electrons.